The molecule has 0 bridgehead atoms. The largest absolute Gasteiger partial charge is 0.496 e. The minimum Gasteiger partial charge on any atom is -0.496 e. The number of piperidine rings is 1. The lowest BCUT2D eigenvalue weighted by atomic mass is 9.95. The van der Waals surface area contributed by atoms with Gasteiger partial charge in [-0.15, -0.1) is 11.3 Å². The number of ether oxygens (including phenoxy) is 2. The second-order valence-corrected chi connectivity index (χ2v) is 12.4. The van der Waals surface area contributed by atoms with Gasteiger partial charge in [-0.3, -0.25) is 4.79 Å². The van der Waals surface area contributed by atoms with E-state index in [1.54, 1.807) is 23.1 Å². The van der Waals surface area contributed by atoms with Gasteiger partial charge in [-0.25, -0.2) is 4.79 Å². The van der Waals surface area contributed by atoms with Gasteiger partial charge in [0.1, 0.15) is 11.4 Å². The van der Waals surface area contributed by atoms with Gasteiger partial charge in [0.15, 0.2) is 4.80 Å². The van der Waals surface area contributed by atoms with E-state index in [4.69, 9.17) is 21.1 Å². The molecule has 0 unspecified atom stereocenters. The molecule has 0 aliphatic carbocycles. The molecule has 2 heterocycles. The Morgan fingerprint density at radius 3 is 2.54 bits per heavy atom. The Kier molecular flexibility index (Phi) is 8.37. The summed E-state index contributed by atoms with van der Waals surface area (Å²) in [5, 5.41) is 0.447. The van der Waals surface area contributed by atoms with Gasteiger partial charge < -0.3 is 18.9 Å². The fourth-order valence-corrected chi connectivity index (χ4v) is 5.15. The zero-order chi connectivity index (χ0) is 26.0. The second-order valence-electron chi connectivity index (χ2n) is 11.0. The molecule has 3 rings (SSSR count). The molecule has 7 nitrogen and oxygen atoms in total. The van der Waals surface area contributed by atoms with Crippen LogP contribution in [0.15, 0.2) is 29.4 Å². The molecule has 0 spiro atoms. The van der Waals surface area contributed by atoms with Crippen molar-refractivity contribution in [2.75, 3.05) is 20.2 Å². The van der Waals surface area contributed by atoms with Crippen molar-refractivity contribution < 1.29 is 19.1 Å². The van der Waals surface area contributed by atoms with Gasteiger partial charge in [0.05, 0.1) is 12.7 Å². The first-order valence-corrected chi connectivity index (χ1v) is 13.1. The molecule has 1 atom stereocenters. The smallest absolute Gasteiger partial charge is 0.410 e. The van der Waals surface area contributed by atoms with E-state index in [-0.39, 0.29) is 17.4 Å². The number of carbonyl (C=O) groups is 2. The number of amides is 2. The summed E-state index contributed by atoms with van der Waals surface area (Å²) < 4.78 is 13.0. The number of rotatable bonds is 4. The van der Waals surface area contributed by atoms with Gasteiger partial charge in [-0.05, 0) is 63.1 Å². The molecule has 9 heteroatoms. The third-order valence-electron chi connectivity index (χ3n) is 5.67. The number of carbonyl (C=O) groups excluding carboxylic acids is 2. The van der Waals surface area contributed by atoms with E-state index < -0.39 is 11.5 Å². The molecule has 0 radical (unpaired) electrons. The van der Waals surface area contributed by atoms with Gasteiger partial charge in [-0.1, -0.05) is 32.4 Å². The molecule has 192 valence electrons. The van der Waals surface area contributed by atoms with Gasteiger partial charge >= 0.3 is 6.09 Å². The van der Waals surface area contributed by atoms with Gasteiger partial charge in [0.25, 0.3) is 5.91 Å². The molecule has 1 aliphatic heterocycles. The van der Waals surface area contributed by atoms with Gasteiger partial charge in [0, 0.05) is 35.7 Å². The Morgan fingerprint density at radius 2 is 1.91 bits per heavy atom. The van der Waals surface area contributed by atoms with E-state index in [0.29, 0.717) is 40.8 Å². The van der Waals surface area contributed by atoms with Crippen molar-refractivity contribution in [3.05, 3.63) is 44.7 Å². The Morgan fingerprint density at radius 1 is 1.20 bits per heavy atom. The van der Waals surface area contributed by atoms with Crippen LogP contribution < -0.4 is 9.54 Å². The number of nitrogens with zero attached hydrogens (tertiary/aromatic N) is 3. The van der Waals surface area contributed by atoms with E-state index in [2.05, 4.69) is 32.0 Å². The normalized spacial score (nSPS) is 17.4. The van der Waals surface area contributed by atoms with E-state index in [1.807, 2.05) is 25.3 Å². The van der Waals surface area contributed by atoms with Crippen LogP contribution in [0.5, 0.6) is 5.75 Å². The number of methoxy groups -OCH3 is 1. The summed E-state index contributed by atoms with van der Waals surface area (Å²) in [4.78, 5) is 33.8. The lowest BCUT2D eigenvalue weighted by Gasteiger charge is -2.34. The quantitative estimate of drug-likeness (QED) is 0.502. The zero-order valence-corrected chi connectivity index (χ0v) is 23.3. The van der Waals surface area contributed by atoms with Crippen LogP contribution in [0.4, 0.5) is 4.79 Å². The summed E-state index contributed by atoms with van der Waals surface area (Å²) in [6.07, 6.45) is 3.70. The Hall–Kier alpha value is -2.32. The number of thiazole rings is 1. The fourth-order valence-electron chi connectivity index (χ4n) is 3.92. The number of halogens is 1. The first kappa shape index (κ1) is 27.3. The van der Waals surface area contributed by atoms with Gasteiger partial charge in [-0.2, -0.15) is 4.99 Å². The van der Waals surface area contributed by atoms with Crippen molar-refractivity contribution >= 4 is 34.9 Å². The number of hydrogen-bond acceptors (Lipinski definition) is 5. The fraction of sp³-hybridized carbons (Fsp3) is 0.577. The van der Waals surface area contributed by atoms with Crippen LogP contribution in [0.25, 0.3) is 0 Å². The van der Waals surface area contributed by atoms with E-state index in [9.17, 15) is 9.59 Å². The topological polar surface area (TPSA) is 73.1 Å². The van der Waals surface area contributed by atoms with Crippen LogP contribution >= 0.6 is 22.9 Å². The summed E-state index contributed by atoms with van der Waals surface area (Å²) in [6, 6.07) is 4.93. The number of hydrogen-bond donors (Lipinski definition) is 0. The average Bonchev–Trinajstić information content (AvgIpc) is 3.15. The Bertz CT molecular complexity index is 1140. The maximum atomic E-state index is 13.1. The predicted octanol–water partition coefficient (Wildman–Crippen LogP) is 5.90. The Balaban J connectivity index is 1.90. The van der Waals surface area contributed by atoms with Crippen molar-refractivity contribution in [1.82, 2.24) is 9.47 Å². The van der Waals surface area contributed by atoms with Crippen LogP contribution in [0.3, 0.4) is 0 Å². The summed E-state index contributed by atoms with van der Waals surface area (Å²) >= 11 is 7.64. The lowest BCUT2D eigenvalue weighted by Crippen LogP contribution is -2.44. The molecule has 2 aromatic rings. The van der Waals surface area contributed by atoms with E-state index >= 15 is 0 Å². The summed E-state index contributed by atoms with van der Waals surface area (Å²) in [5.74, 6) is 0.260. The van der Waals surface area contributed by atoms with Crippen LogP contribution in [-0.2, 0) is 16.7 Å². The highest BCUT2D eigenvalue weighted by molar-refractivity contribution is 7.09. The molecule has 1 saturated heterocycles. The van der Waals surface area contributed by atoms with Crippen molar-refractivity contribution in [2.24, 2.45) is 10.9 Å². The molecule has 0 N–H and O–H groups in total. The third kappa shape index (κ3) is 7.34. The van der Waals surface area contributed by atoms with Crippen molar-refractivity contribution in [3.63, 3.8) is 0 Å². The molecular weight excluding hydrogens is 486 g/mol. The van der Waals surface area contributed by atoms with Crippen LogP contribution in [-0.4, -0.2) is 47.3 Å². The highest BCUT2D eigenvalue weighted by Gasteiger charge is 2.28. The molecule has 1 aromatic heterocycles. The van der Waals surface area contributed by atoms with Crippen molar-refractivity contribution in [1.29, 1.82) is 0 Å². The summed E-state index contributed by atoms with van der Waals surface area (Å²) in [7, 11) is 1.52. The monoisotopic (exact) mass is 521 g/mol. The highest BCUT2D eigenvalue weighted by Crippen LogP contribution is 2.27. The molecule has 1 aromatic carbocycles. The first-order chi connectivity index (χ1) is 16.3. The standard InChI is InChI=1S/C26H36ClN3O4S/c1-25(2,3)21-16-30(15-17-9-8-12-29(14-17)24(32)34-26(4,5)6)23(35-21)28-22(31)19-13-18(27)10-11-20(19)33-7/h10-11,13,16-17H,8-9,12,14-15H2,1-7H3/t17-/m1/s1. The molecule has 35 heavy (non-hydrogen) atoms. The van der Waals surface area contributed by atoms with Crippen LogP contribution in [0, 0.1) is 5.92 Å². The van der Waals surface area contributed by atoms with Gasteiger partial charge in [0.2, 0.25) is 0 Å². The lowest BCUT2D eigenvalue weighted by molar-refractivity contribution is 0.0157. The van der Waals surface area contributed by atoms with Crippen LogP contribution in [0.1, 0.15) is 69.6 Å². The summed E-state index contributed by atoms with van der Waals surface area (Å²) in [5.41, 5.74) is -0.292. The minimum absolute atomic E-state index is 0.0912. The van der Waals surface area contributed by atoms with E-state index in [0.717, 1.165) is 17.7 Å². The van der Waals surface area contributed by atoms with Crippen molar-refractivity contribution in [2.45, 2.75) is 71.9 Å². The highest BCUT2D eigenvalue weighted by atomic mass is 35.5. The first-order valence-electron chi connectivity index (χ1n) is 11.9. The van der Waals surface area contributed by atoms with Crippen molar-refractivity contribution in [3.8, 4) is 5.75 Å². The predicted molar refractivity (Wildman–Crippen MR) is 139 cm³/mol. The number of aromatic nitrogens is 1. The third-order valence-corrected chi connectivity index (χ3v) is 7.36. The van der Waals surface area contributed by atoms with E-state index in [1.165, 1.54) is 18.4 Å². The maximum absolute atomic E-state index is 13.1. The molecule has 2 amide bonds. The minimum atomic E-state index is -0.526. The SMILES string of the molecule is COc1ccc(Cl)cc1C(=O)N=c1sc(C(C)(C)C)cn1C[C@@H]1CCCN(C(=O)OC(C)(C)C)C1. The summed E-state index contributed by atoms with van der Waals surface area (Å²) in [6.45, 7) is 14.0. The number of likely N-dealkylation sites (tertiary alicyclic amines) is 1. The molecule has 1 fully saturated rings. The molecular formula is C26H36ClN3O4S. The van der Waals surface area contributed by atoms with Crippen LogP contribution in [0.2, 0.25) is 5.02 Å². The number of benzene rings is 1. The average molecular weight is 522 g/mol. The zero-order valence-electron chi connectivity index (χ0n) is 21.7. The second kappa shape index (κ2) is 10.7. The maximum Gasteiger partial charge on any atom is 0.410 e. The Labute approximate surface area is 216 Å². The molecule has 1 aliphatic rings. The molecule has 0 saturated carbocycles.